The first-order chi connectivity index (χ1) is 9.60. The fraction of sp³-hybridized carbons (Fsp3) is 0.214. The number of aliphatic hydroxyl groups is 1. The van der Waals surface area contributed by atoms with Gasteiger partial charge in [0, 0.05) is 28.9 Å². The lowest BCUT2D eigenvalue weighted by Crippen LogP contribution is -2.13. The molecule has 2 aromatic rings. The molecule has 1 aromatic carbocycles. The second-order valence-corrected chi connectivity index (χ2v) is 5.35. The van der Waals surface area contributed by atoms with E-state index in [1.54, 1.807) is 23.6 Å². The van der Waals surface area contributed by atoms with Crippen LogP contribution in [0.25, 0.3) is 0 Å². The van der Waals surface area contributed by atoms with Gasteiger partial charge in [0.1, 0.15) is 5.82 Å². The van der Waals surface area contributed by atoms with Gasteiger partial charge < -0.3 is 16.2 Å². The molecule has 0 spiro atoms. The van der Waals surface area contributed by atoms with Crippen molar-refractivity contribution in [2.45, 2.75) is 19.7 Å². The lowest BCUT2D eigenvalue weighted by Gasteiger charge is -2.06. The first-order valence-electron chi connectivity index (χ1n) is 6.06. The standard InChI is InChI=1S/C14H15FN2O2S/c15-13-2-1-9(3-10(13)7-18)5-17-6-12-4-11(8-20-12)14(16)19/h1-4,8,17-18H,5-7H2,(H2,16,19). The van der Waals surface area contributed by atoms with E-state index in [0.717, 1.165) is 10.4 Å². The van der Waals surface area contributed by atoms with Crippen LogP contribution < -0.4 is 11.1 Å². The number of thiophene rings is 1. The van der Waals surface area contributed by atoms with E-state index in [2.05, 4.69) is 5.32 Å². The monoisotopic (exact) mass is 294 g/mol. The smallest absolute Gasteiger partial charge is 0.249 e. The SMILES string of the molecule is NC(=O)c1csc(CNCc2ccc(F)c(CO)c2)c1. The summed E-state index contributed by atoms with van der Waals surface area (Å²) in [6.45, 7) is 0.841. The molecule has 6 heteroatoms. The number of aliphatic hydroxyl groups excluding tert-OH is 1. The number of hydrogen-bond donors (Lipinski definition) is 3. The Morgan fingerprint density at radius 3 is 2.80 bits per heavy atom. The summed E-state index contributed by atoms with van der Waals surface area (Å²) in [5.41, 5.74) is 6.87. The highest BCUT2D eigenvalue weighted by Crippen LogP contribution is 2.15. The number of carbonyl (C=O) groups is 1. The lowest BCUT2D eigenvalue weighted by molar-refractivity contribution is 0.100. The zero-order valence-electron chi connectivity index (χ0n) is 10.7. The molecule has 20 heavy (non-hydrogen) atoms. The van der Waals surface area contributed by atoms with E-state index < -0.39 is 11.7 Å². The largest absolute Gasteiger partial charge is 0.392 e. The maximum absolute atomic E-state index is 13.2. The van der Waals surface area contributed by atoms with Crippen LogP contribution in [0, 0.1) is 5.82 Å². The fourth-order valence-electron chi connectivity index (χ4n) is 1.79. The van der Waals surface area contributed by atoms with Crippen LogP contribution in [0.15, 0.2) is 29.6 Å². The van der Waals surface area contributed by atoms with Gasteiger partial charge in [-0.05, 0) is 23.8 Å². The van der Waals surface area contributed by atoms with Gasteiger partial charge in [-0.3, -0.25) is 4.79 Å². The van der Waals surface area contributed by atoms with Crippen molar-refractivity contribution in [2.24, 2.45) is 5.73 Å². The molecule has 2 rings (SSSR count). The fourth-order valence-corrected chi connectivity index (χ4v) is 2.63. The molecular weight excluding hydrogens is 279 g/mol. The van der Waals surface area contributed by atoms with E-state index in [4.69, 9.17) is 10.8 Å². The molecule has 0 radical (unpaired) electrons. The summed E-state index contributed by atoms with van der Waals surface area (Å²) in [6, 6.07) is 6.40. The Morgan fingerprint density at radius 2 is 2.15 bits per heavy atom. The van der Waals surface area contributed by atoms with Gasteiger partial charge in [0.2, 0.25) is 5.91 Å². The van der Waals surface area contributed by atoms with E-state index in [0.29, 0.717) is 18.7 Å². The number of rotatable bonds is 6. The highest BCUT2D eigenvalue weighted by atomic mass is 32.1. The molecule has 1 heterocycles. The predicted octanol–water partition coefficient (Wildman–Crippen LogP) is 1.77. The third kappa shape index (κ3) is 3.63. The van der Waals surface area contributed by atoms with Crippen LogP contribution in [-0.2, 0) is 19.7 Å². The summed E-state index contributed by atoms with van der Waals surface area (Å²) in [4.78, 5) is 12.0. The second-order valence-electron chi connectivity index (χ2n) is 4.35. The number of primary amides is 1. The summed E-state index contributed by atoms with van der Waals surface area (Å²) in [5, 5.41) is 13.9. The summed E-state index contributed by atoms with van der Waals surface area (Å²) in [6.07, 6.45) is 0. The van der Waals surface area contributed by atoms with Gasteiger partial charge in [-0.1, -0.05) is 6.07 Å². The summed E-state index contributed by atoms with van der Waals surface area (Å²) >= 11 is 1.46. The van der Waals surface area contributed by atoms with Crippen LogP contribution in [0.1, 0.15) is 26.4 Å². The third-order valence-corrected chi connectivity index (χ3v) is 3.78. The minimum Gasteiger partial charge on any atom is -0.392 e. The van der Waals surface area contributed by atoms with Crippen LogP contribution in [0.2, 0.25) is 0 Å². The highest BCUT2D eigenvalue weighted by Gasteiger charge is 2.05. The number of carbonyl (C=O) groups excluding carboxylic acids is 1. The van der Waals surface area contributed by atoms with Crippen molar-refractivity contribution in [1.29, 1.82) is 0 Å². The molecule has 0 fully saturated rings. The molecule has 4 N–H and O–H groups in total. The maximum atomic E-state index is 13.2. The molecule has 0 aliphatic carbocycles. The molecule has 1 aromatic heterocycles. The van der Waals surface area contributed by atoms with Crippen molar-refractivity contribution in [3.63, 3.8) is 0 Å². The third-order valence-electron chi connectivity index (χ3n) is 2.85. The van der Waals surface area contributed by atoms with Gasteiger partial charge in [-0.2, -0.15) is 0 Å². The number of amides is 1. The van der Waals surface area contributed by atoms with Crippen molar-refractivity contribution in [3.8, 4) is 0 Å². The Balaban J connectivity index is 1.90. The molecule has 0 aliphatic heterocycles. The Bertz CT molecular complexity index is 613. The molecule has 1 amide bonds. The maximum Gasteiger partial charge on any atom is 0.249 e. The molecule has 0 saturated carbocycles. The van der Waals surface area contributed by atoms with Crippen LogP contribution in [-0.4, -0.2) is 11.0 Å². The number of hydrogen-bond acceptors (Lipinski definition) is 4. The minimum absolute atomic E-state index is 0.288. The summed E-state index contributed by atoms with van der Waals surface area (Å²) in [5.74, 6) is -0.834. The molecular formula is C14H15FN2O2S. The van der Waals surface area contributed by atoms with Crippen molar-refractivity contribution in [2.75, 3.05) is 0 Å². The molecule has 0 saturated heterocycles. The molecule has 0 aliphatic rings. The van der Waals surface area contributed by atoms with E-state index in [1.165, 1.54) is 17.4 Å². The van der Waals surface area contributed by atoms with E-state index in [1.807, 2.05) is 0 Å². The summed E-state index contributed by atoms with van der Waals surface area (Å²) < 4.78 is 13.2. The molecule has 106 valence electrons. The Kier molecular flexibility index (Phi) is 4.84. The van der Waals surface area contributed by atoms with Crippen LogP contribution in [0.3, 0.4) is 0 Å². The minimum atomic E-state index is -0.432. The Hall–Kier alpha value is -1.76. The van der Waals surface area contributed by atoms with Gasteiger partial charge in [-0.15, -0.1) is 11.3 Å². The zero-order valence-corrected chi connectivity index (χ0v) is 11.5. The quantitative estimate of drug-likeness (QED) is 0.760. The molecule has 0 atom stereocenters. The molecule has 4 nitrogen and oxygen atoms in total. The van der Waals surface area contributed by atoms with Crippen molar-refractivity contribution < 1.29 is 14.3 Å². The summed E-state index contributed by atoms with van der Waals surface area (Å²) in [7, 11) is 0. The first kappa shape index (κ1) is 14.6. The number of benzene rings is 1. The van der Waals surface area contributed by atoms with Crippen molar-refractivity contribution >= 4 is 17.2 Å². The average molecular weight is 294 g/mol. The second kappa shape index (κ2) is 6.60. The first-order valence-corrected chi connectivity index (χ1v) is 6.94. The zero-order chi connectivity index (χ0) is 14.5. The van der Waals surface area contributed by atoms with Gasteiger partial charge in [0.05, 0.1) is 12.2 Å². The number of nitrogens with two attached hydrogens (primary N) is 1. The highest BCUT2D eigenvalue weighted by molar-refractivity contribution is 7.10. The van der Waals surface area contributed by atoms with Gasteiger partial charge in [0.25, 0.3) is 0 Å². The normalized spacial score (nSPS) is 10.7. The van der Waals surface area contributed by atoms with Gasteiger partial charge in [0.15, 0.2) is 0 Å². The van der Waals surface area contributed by atoms with E-state index in [-0.39, 0.29) is 12.2 Å². The van der Waals surface area contributed by atoms with Crippen molar-refractivity contribution in [1.82, 2.24) is 5.32 Å². The average Bonchev–Trinajstić information content (AvgIpc) is 2.89. The molecule has 0 unspecified atom stereocenters. The van der Waals surface area contributed by atoms with Crippen molar-refractivity contribution in [3.05, 3.63) is 57.0 Å². The van der Waals surface area contributed by atoms with Gasteiger partial charge in [-0.25, -0.2) is 4.39 Å². The van der Waals surface area contributed by atoms with Crippen LogP contribution in [0.4, 0.5) is 4.39 Å². The molecule has 0 bridgehead atoms. The van der Waals surface area contributed by atoms with E-state index in [9.17, 15) is 9.18 Å². The predicted molar refractivity (Wildman–Crippen MR) is 75.7 cm³/mol. The number of halogens is 1. The van der Waals surface area contributed by atoms with Gasteiger partial charge >= 0.3 is 0 Å². The Morgan fingerprint density at radius 1 is 1.35 bits per heavy atom. The van der Waals surface area contributed by atoms with Crippen LogP contribution in [0.5, 0.6) is 0 Å². The topological polar surface area (TPSA) is 75.4 Å². The number of nitrogens with one attached hydrogen (secondary N) is 1. The van der Waals surface area contributed by atoms with E-state index >= 15 is 0 Å². The van der Waals surface area contributed by atoms with Crippen LogP contribution >= 0.6 is 11.3 Å². The lowest BCUT2D eigenvalue weighted by atomic mass is 10.1. The Labute approximate surface area is 120 Å².